The van der Waals surface area contributed by atoms with E-state index < -0.39 is 0 Å². The van der Waals surface area contributed by atoms with Crippen molar-refractivity contribution in [2.45, 2.75) is 51.7 Å². The Hall–Kier alpha value is -2.16. The van der Waals surface area contributed by atoms with Crippen molar-refractivity contribution in [2.24, 2.45) is 17.8 Å². The number of amides is 2. The highest BCUT2D eigenvalue weighted by Gasteiger charge is 2.32. The number of carbonyl (C=O) groups is 2. The van der Waals surface area contributed by atoms with Crippen LogP contribution >= 0.6 is 0 Å². The SMILES string of the molecule is CO[C@H]1CN(C)C(=O)c2ccc(NC(=O)C3CCOCC3)cc2OC[C@@H](C)N(CC2CC2)C[C@H]1C. The second kappa shape index (κ2) is 11.7. The summed E-state index contributed by atoms with van der Waals surface area (Å²) < 4.78 is 17.5. The molecule has 1 aromatic carbocycles. The van der Waals surface area contributed by atoms with Crippen LogP contribution in [0.5, 0.6) is 5.75 Å². The van der Waals surface area contributed by atoms with Crippen LogP contribution in [0.1, 0.15) is 49.9 Å². The van der Waals surface area contributed by atoms with Crippen LogP contribution < -0.4 is 10.1 Å². The number of likely N-dealkylation sites (N-methyl/N-ethyl adjacent to an activating group) is 1. The summed E-state index contributed by atoms with van der Waals surface area (Å²) in [5, 5.41) is 3.02. The highest BCUT2D eigenvalue weighted by Crippen LogP contribution is 2.32. The summed E-state index contributed by atoms with van der Waals surface area (Å²) in [7, 11) is 3.53. The van der Waals surface area contributed by atoms with E-state index in [1.807, 2.05) is 7.05 Å². The number of nitrogens with zero attached hydrogens (tertiary/aromatic N) is 2. The molecule has 8 heteroatoms. The number of hydrogen-bond donors (Lipinski definition) is 1. The van der Waals surface area contributed by atoms with Crippen molar-refractivity contribution in [2.75, 3.05) is 58.9 Å². The fraction of sp³-hybridized carbons (Fsp3) is 0.704. The number of ether oxygens (including phenoxy) is 3. The Kier molecular flexibility index (Phi) is 8.68. The molecular formula is C27H41N3O5. The lowest BCUT2D eigenvalue weighted by Crippen LogP contribution is -2.47. The van der Waals surface area contributed by atoms with Gasteiger partial charge in [0, 0.05) is 70.7 Å². The van der Waals surface area contributed by atoms with Crippen LogP contribution in [0.25, 0.3) is 0 Å². The van der Waals surface area contributed by atoms with Gasteiger partial charge >= 0.3 is 0 Å². The average molecular weight is 488 g/mol. The van der Waals surface area contributed by atoms with E-state index in [1.54, 1.807) is 30.2 Å². The van der Waals surface area contributed by atoms with E-state index in [0.29, 0.717) is 43.4 Å². The molecule has 0 radical (unpaired) electrons. The van der Waals surface area contributed by atoms with E-state index in [4.69, 9.17) is 14.2 Å². The summed E-state index contributed by atoms with van der Waals surface area (Å²) >= 11 is 0. The third kappa shape index (κ3) is 6.74. The van der Waals surface area contributed by atoms with Crippen molar-refractivity contribution in [3.8, 4) is 5.75 Å². The summed E-state index contributed by atoms with van der Waals surface area (Å²) in [4.78, 5) is 30.4. The highest BCUT2D eigenvalue weighted by atomic mass is 16.5. The van der Waals surface area contributed by atoms with Crippen LogP contribution in [0, 0.1) is 17.8 Å². The van der Waals surface area contributed by atoms with Gasteiger partial charge in [0.25, 0.3) is 5.91 Å². The van der Waals surface area contributed by atoms with Gasteiger partial charge in [-0.25, -0.2) is 0 Å². The molecule has 1 saturated heterocycles. The first-order valence-electron chi connectivity index (χ1n) is 13.0. The number of fused-ring (bicyclic) bond motifs is 1. The van der Waals surface area contributed by atoms with Gasteiger partial charge in [-0.15, -0.1) is 0 Å². The van der Waals surface area contributed by atoms with Crippen molar-refractivity contribution >= 4 is 17.5 Å². The molecule has 3 atom stereocenters. The number of rotatable bonds is 5. The molecule has 3 aliphatic rings. The zero-order chi connectivity index (χ0) is 24.9. The lowest BCUT2D eigenvalue weighted by molar-refractivity contribution is -0.122. The van der Waals surface area contributed by atoms with E-state index in [9.17, 15) is 9.59 Å². The minimum atomic E-state index is -0.111. The molecule has 8 nitrogen and oxygen atoms in total. The Morgan fingerprint density at radius 2 is 1.89 bits per heavy atom. The summed E-state index contributed by atoms with van der Waals surface area (Å²) in [6.07, 6.45) is 3.98. The maximum atomic E-state index is 13.4. The molecule has 194 valence electrons. The molecule has 2 amide bonds. The van der Waals surface area contributed by atoms with Crippen molar-refractivity contribution in [3.63, 3.8) is 0 Å². The van der Waals surface area contributed by atoms with E-state index in [2.05, 4.69) is 24.1 Å². The molecule has 35 heavy (non-hydrogen) atoms. The molecule has 2 fully saturated rings. The Morgan fingerprint density at radius 3 is 2.57 bits per heavy atom. The first kappa shape index (κ1) is 25.9. The van der Waals surface area contributed by atoms with E-state index in [-0.39, 0.29) is 35.8 Å². The maximum Gasteiger partial charge on any atom is 0.257 e. The average Bonchev–Trinajstić information content (AvgIpc) is 3.69. The predicted molar refractivity (Wildman–Crippen MR) is 135 cm³/mol. The highest BCUT2D eigenvalue weighted by molar-refractivity contribution is 5.98. The number of anilines is 1. The molecule has 1 aromatic rings. The molecule has 1 saturated carbocycles. The predicted octanol–water partition coefficient (Wildman–Crippen LogP) is 3.27. The minimum absolute atomic E-state index is 0.00857. The van der Waals surface area contributed by atoms with Crippen molar-refractivity contribution in [3.05, 3.63) is 23.8 Å². The van der Waals surface area contributed by atoms with E-state index in [1.165, 1.54) is 12.8 Å². The summed E-state index contributed by atoms with van der Waals surface area (Å²) in [6.45, 7) is 8.55. The summed E-state index contributed by atoms with van der Waals surface area (Å²) in [5.74, 6) is 1.38. The van der Waals surface area contributed by atoms with Gasteiger partial charge in [-0.2, -0.15) is 0 Å². The van der Waals surface area contributed by atoms with Crippen LogP contribution in [0.3, 0.4) is 0 Å². The monoisotopic (exact) mass is 487 g/mol. The molecule has 4 rings (SSSR count). The Labute approximate surface area is 209 Å². The quantitative estimate of drug-likeness (QED) is 0.687. The fourth-order valence-corrected chi connectivity index (χ4v) is 5.02. The smallest absolute Gasteiger partial charge is 0.257 e. The molecule has 0 aromatic heterocycles. The van der Waals surface area contributed by atoms with Gasteiger partial charge in [-0.1, -0.05) is 6.92 Å². The number of benzene rings is 1. The standard InChI is InChI=1S/C27H41N3O5/c1-18-14-30(15-20-5-6-20)19(2)17-35-24-13-22(28-26(31)21-9-11-34-12-10-21)7-8-23(24)27(32)29(3)16-25(18)33-4/h7-8,13,18-21,25H,5-6,9-12,14-17H2,1-4H3,(H,28,31)/t18-,19-,25+/m1/s1. The van der Waals surface area contributed by atoms with Gasteiger partial charge in [-0.3, -0.25) is 14.5 Å². The first-order valence-corrected chi connectivity index (χ1v) is 13.0. The summed E-state index contributed by atoms with van der Waals surface area (Å²) in [6, 6.07) is 5.53. The third-order valence-corrected chi connectivity index (χ3v) is 7.63. The number of nitrogens with one attached hydrogen (secondary N) is 1. The van der Waals surface area contributed by atoms with Gasteiger partial charge in [0.15, 0.2) is 0 Å². The minimum Gasteiger partial charge on any atom is -0.491 e. The number of methoxy groups -OCH3 is 1. The molecule has 0 bridgehead atoms. The molecule has 2 heterocycles. The van der Waals surface area contributed by atoms with Crippen LogP contribution in [0.15, 0.2) is 18.2 Å². The second-order valence-corrected chi connectivity index (χ2v) is 10.6. The molecule has 2 aliphatic heterocycles. The Morgan fingerprint density at radius 1 is 1.14 bits per heavy atom. The van der Waals surface area contributed by atoms with Crippen LogP contribution in [0.4, 0.5) is 5.69 Å². The number of carbonyl (C=O) groups excluding carboxylic acids is 2. The molecule has 1 aliphatic carbocycles. The molecule has 1 N–H and O–H groups in total. The van der Waals surface area contributed by atoms with Crippen molar-refractivity contribution in [1.82, 2.24) is 9.80 Å². The normalized spacial score (nSPS) is 27.4. The lowest BCUT2D eigenvalue weighted by Gasteiger charge is -2.36. The van der Waals surface area contributed by atoms with Crippen LogP contribution in [-0.4, -0.2) is 87.4 Å². The zero-order valence-electron chi connectivity index (χ0n) is 21.6. The van der Waals surface area contributed by atoms with Gasteiger partial charge in [0.2, 0.25) is 5.91 Å². The van der Waals surface area contributed by atoms with Gasteiger partial charge in [-0.05, 0) is 56.6 Å². The van der Waals surface area contributed by atoms with Crippen molar-refractivity contribution < 1.29 is 23.8 Å². The van der Waals surface area contributed by atoms with Gasteiger partial charge in [0.05, 0.1) is 11.7 Å². The Bertz CT molecular complexity index is 884. The molecular weight excluding hydrogens is 446 g/mol. The van der Waals surface area contributed by atoms with Crippen LogP contribution in [0.2, 0.25) is 0 Å². The number of hydrogen-bond acceptors (Lipinski definition) is 6. The largest absolute Gasteiger partial charge is 0.491 e. The fourth-order valence-electron chi connectivity index (χ4n) is 5.02. The second-order valence-electron chi connectivity index (χ2n) is 10.6. The maximum absolute atomic E-state index is 13.4. The van der Waals surface area contributed by atoms with Gasteiger partial charge < -0.3 is 24.4 Å². The van der Waals surface area contributed by atoms with Crippen molar-refractivity contribution in [1.29, 1.82) is 0 Å². The first-order chi connectivity index (χ1) is 16.9. The topological polar surface area (TPSA) is 80.3 Å². The summed E-state index contributed by atoms with van der Waals surface area (Å²) in [5.41, 5.74) is 1.15. The lowest BCUT2D eigenvalue weighted by atomic mass is 9.99. The molecule has 0 unspecified atom stereocenters. The third-order valence-electron chi connectivity index (χ3n) is 7.63. The molecule has 0 spiro atoms. The van der Waals surface area contributed by atoms with Crippen LogP contribution in [-0.2, 0) is 14.3 Å². The van der Waals surface area contributed by atoms with E-state index >= 15 is 0 Å². The van der Waals surface area contributed by atoms with E-state index in [0.717, 1.165) is 31.8 Å². The Balaban J connectivity index is 1.57. The van der Waals surface area contributed by atoms with Gasteiger partial charge in [0.1, 0.15) is 12.4 Å². The zero-order valence-corrected chi connectivity index (χ0v) is 21.6.